The van der Waals surface area contributed by atoms with Crippen molar-refractivity contribution in [2.45, 2.75) is 19.4 Å². The minimum atomic E-state index is -0.694. The Balaban J connectivity index is 1.64. The van der Waals surface area contributed by atoms with Gasteiger partial charge in [-0.25, -0.2) is 9.59 Å². The molecule has 1 aliphatic rings. The summed E-state index contributed by atoms with van der Waals surface area (Å²) in [5.74, 6) is -0.169. The number of carbonyl (C=O) groups is 1. The van der Waals surface area contributed by atoms with Crippen LogP contribution in [0.4, 0.5) is 11.4 Å². The summed E-state index contributed by atoms with van der Waals surface area (Å²) in [4.78, 5) is 37.5. The fourth-order valence-electron chi connectivity index (χ4n) is 3.71. The highest BCUT2D eigenvalue weighted by molar-refractivity contribution is 5.97. The van der Waals surface area contributed by atoms with Crippen LogP contribution >= 0.6 is 0 Å². The maximum Gasteiger partial charge on any atom is 0.340 e. The Hall–Kier alpha value is -3.88. The molecular formula is C22H20N2O7. The zero-order chi connectivity index (χ0) is 22.0. The second kappa shape index (κ2) is 8.47. The van der Waals surface area contributed by atoms with Crippen molar-refractivity contribution >= 4 is 28.3 Å². The number of nitro groups is 1. The Labute approximate surface area is 176 Å². The van der Waals surface area contributed by atoms with Crippen LogP contribution in [0, 0.1) is 10.1 Å². The highest BCUT2D eigenvalue weighted by Gasteiger charge is 2.24. The Bertz CT molecular complexity index is 1210. The molecule has 160 valence electrons. The van der Waals surface area contributed by atoms with Gasteiger partial charge in [-0.15, -0.1) is 0 Å². The summed E-state index contributed by atoms with van der Waals surface area (Å²) >= 11 is 0. The molecule has 1 fully saturated rings. The highest BCUT2D eigenvalue weighted by atomic mass is 16.6. The largest absolute Gasteiger partial charge is 0.497 e. The second-order valence-corrected chi connectivity index (χ2v) is 7.18. The van der Waals surface area contributed by atoms with Gasteiger partial charge in [-0.05, 0) is 31.0 Å². The fraction of sp³-hybridized carbons (Fsp3) is 0.273. The fourth-order valence-corrected chi connectivity index (χ4v) is 3.71. The number of non-ortho nitro benzene ring substituents is 1. The van der Waals surface area contributed by atoms with Crippen molar-refractivity contribution in [2.75, 3.05) is 25.1 Å². The third kappa shape index (κ3) is 4.20. The van der Waals surface area contributed by atoms with E-state index in [-0.39, 0.29) is 17.9 Å². The van der Waals surface area contributed by atoms with E-state index in [0.717, 1.165) is 25.9 Å². The maximum atomic E-state index is 12.9. The number of ether oxygens (including phenoxy) is 2. The van der Waals surface area contributed by atoms with E-state index in [4.69, 9.17) is 13.9 Å². The highest BCUT2D eigenvalue weighted by Crippen LogP contribution is 2.30. The van der Waals surface area contributed by atoms with E-state index < -0.39 is 16.5 Å². The number of benzene rings is 2. The van der Waals surface area contributed by atoms with E-state index in [9.17, 15) is 19.7 Å². The molecule has 0 saturated carbocycles. The quantitative estimate of drug-likeness (QED) is 0.255. The SMILES string of the molecule is COc1ccc2c(COC(=O)c3cc([N+](=O)[O-])ccc3N3CCCC3)cc(=O)oc2c1. The second-order valence-electron chi connectivity index (χ2n) is 7.18. The lowest BCUT2D eigenvalue weighted by atomic mass is 10.1. The minimum absolute atomic E-state index is 0.130. The van der Waals surface area contributed by atoms with Crippen molar-refractivity contribution in [2.24, 2.45) is 0 Å². The summed E-state index contributed by atoms with van der Waals surface area (Å²) in [6.45, 7) is 1.35. The Morgan fingerprint density at radius 1 is 1.16 bits per heavy atom. The smallest absolute Gasteiger partial charge is 0.340 e. The van der Waals surface area contributed by atoms with Gasteiger partial charge in [0.05, 0.1) is 23.3 Å². The normalized spacial score (nSPS) is 13.4. The zero-order valence-corrected chi connectivity index (χ0v) is 16.8. The third-order valence-electron chi connectivity index (χ3n) is 5.25. The molecule has 31 heavy (non-hydrogen) atoms. The number of fused-ring (bicyclic) bond motifs is 1. The van der Waals surface area contributed by atoms with Gasteiger partial charge in [-0.3, -0.25) is 10.1 Å². The molecule has 1 saturated heterocycles. The molecule has 9 nitrogen and oxygen atoms in total. The molecule has 0 N–H and O–H groups in total. The van der Waals surface area contributed by atoms with Crippen molar-refractivity contribution in [1.82, 2.24) is 0 Å². The van der Waals surface area contributed by atoms with E-state index in [1.54, 1.807) is 24.3 Å². The van der Waals surface area contributed by atoms with Crippen molar-refractivity contribution in [3.05, 3.63) is 74.1 Å². The summed E-state index contributed by atoms with van der Waals surface area (Å²) in [6.07, 6.45) is 1.97. The third-order valence-corrected chi connectivity index (χ3v) is 5.25. The lowest BCUT2D eigenvalue weighted by Crippen LogP contribution is -2.21. The first kappa shape index (κ1) is 20.4. The molecule has 9 heteroatoms. The number of hydrogen-bond acceptors (Lipinski definition) is 8. The van der Waals surface area contributed by atoms with Gasteiger partial charge in [0.15, 0.2) is 0 Å². The standard InChI is InChI=1S/C22H20N2O7/c1-29-16-5-6-17-14(10-21(25)31-20(17)12-16)13-30-22(26)18-11-15(24(27)28)4-7-19(18)23-8-2-3-9-23/h4-7,10-12H,2-3,8-9,13H2,1H3. The number of methoxy groups -OCH3 is 1. The summed E-state index contributed by atoms with van der Waals surface area (Å²) in [6, 6.07) is 10.5. The summed E-state index contributed by atoms with van der Waals surface area (Å²) < 4.78 is 15.8. The maximum absolute atomic E-state index is 12.9. The number of anilines is 1. The van der Waals surface area contributed by atoms with Gasteiger partial charge in [-0.2, -0.15) is 0 Å². The van der Waals surface area contributed by atoms with Crippen molar-refractivity contribution < 1.29 is 23.6 Å². The lowest BCUT2D eigenvalue weighted by Gasteiger charge is -2.20. The van der Waals surface area contributed by atoms with Crippen LogP contribution in [0.15, 0.2) is 51.7 Å². The topological polar surface area (TPSA) is 112 Å². The van der Waals surface area contributed by atoms with E-state index in [1.807, 2.05) is 4.90 Å². The molecule has 3 aromatic rings. The average molecular weight is 424 g/mol. The van der Waals surface area contributed by atoms with Crippen LogP contribution in [0.2, 0.25) is 0 Å². The summed E-state index contributed by atoms with van der Waals surface area (Å²) in [7, 11) is 1.50. The molecule has 1 aliphatic heterocycles. The first-order valence-electron chi connectivity index (χ1n) is 9.77. The zero-order valence-electron chi connectivity index (χ0n) is 16.8. The molecule has 1 aromatic heterocycles. The molecule has 2 heterocycles. The van der Waals surface area contributed by atoms with Crippen LogP contribution in [-0.2, 0) is 11.3 Å². The van der Waals surface area contributed by atoms with Gasteiger partial charge in [0.25, 0.3) is 5.69 Å². The predicted molar refractivity (Wildman–Crippen MR) is 113 cm³/mol. The number of nitrogens with zero attached hydrogens (tertiary/aromatic N) is 2. The van der Waals surface area contributed by atoms with Crippen LogP contribution < -0.4 is 15.3 Å². The molecule has 0 amide bonds. The first-order chi connectivity index (χ1) is 15.0. The van der Waals surface area contributed by atoms with E-state index in [0.29, 0.717) is 28.0 Å². The molecule has 0 aliphatic carbocycles. The van der Waals surface area contributed by atoms with Gasteiger partial charge >= 0.3 is 11.6 Å². The van der Waals surface area contributed by atoms with Gasteiger partial charge < -0.3 is 18.8 Å². The van der Waals surface area contributed by atoms with E-state index in [1.165, 1.54) is 25.3 Å². The number of rotatable bonds is 6. The first-order valence-corrected chi connectivity index (χ1v) is 9.77. The molecular weight excluding hydrogens is 404 g/mol. The van der Waals surface area contributed by atoms with Gasteiger partial charge in [0, 0.05) is 48.3 Å². The number of esters is 1. The molecule has 0 unspecified atom stereocenters. The van der Waals surface area contributed by atoms with Crippen molar-refractivity contribution in [3.63, 3.8) is 0 Å². The number of carbonyl (C=O) groups excluding carboxylic acids is 1. The Kier molecular flexibility index (Phi) is 5.57. The number of nitro benzene ring substituents is 1. The van der Waals surface area contributed by atoms with Crippen LogP contribution in [0.25, 0.3) is 11.0 Å². The van der Waals surface area contributed by atoms with Crippen LogP contribution in [0.1, 0.15) is 28.8 Å². The number of hydrogen-bond donors (Lipinski definition) is 0. The minimum Gasteiger partial charge on any atom is -0.497 e. The lowest BCUT2D eigenvalue weighted by molar-refractivity contribution is -0.384. The summed E-state index contributed by atoms with van der Waals surface area (Å²) in [5.41, 5.74) is 0.745. The predicted octanol–water partition coefficient (Wildman–Crippen LogP) is 3.67. The Morgan fingerprint density at radius 3 is 2.65 bits per heavy atom. The van der Waals surface area contributed by atoms with Gasteiger partial charge in [-0.1, -0.05) is 0 Å². The molecule has 4 rings (SSSR count). The van der Waals surface area contributed by atoms with E-state index >= 15 is 0 Å². The Morgan fingerprint density at radius 2 is 1.94 bits per heavy atom. The molecule has 0 bridgehead atoms. The van der Waals surface area contributed by atoms with Crippen LogP contribution in [0.5, 0.6) is 5.75 Å². The van der Waals surface area contributed by atoms with Crippen LogP contribution in [-0.4, -0.2) is 31.1 Å². The van der Waals surface area contributed by atoms with Crippen LogP contribution in [0.3, 0.4) is 0 Å². The summed E-state index contributed by atoms with van der Waals surface area (Å²) in [5, 5.41) is 11.8. The molecule has 0 atom stereocenters. The molecule has 0 radical (unpaired) electrons. The molecule has 0 spiro atoms. The van der Waals surface area contributed by atoms with Crippen molar-refractivity contribution in [3.8, 4) is 5.75 Å². The van der Waals surface area contributed by atoms with Gasteiger partial charge in [0.1, 0.15) is 17.9 Å². The van der Waals surface area contributed by atoms with Gasteiger partial charge in [0.2, 0.25) is 0 Å². The van der Waals surface area contributed by atoms with Crippen molar-refractivity contribution in [1.29, 1.82) is 0 Å². The average Bonchev–Trinajstić information content (AvgIpc) is 3.30. The monoisotopic (exact) mass is 424 g/mol. The van der Waals surface area contributed by atoms with E-state index in [2.05, 4.69) is 0 Å². The molecule has 2 aromatic carbocycles.